The Morgan fingerprint density at radius 3 is 2.03 bits per heavy atom. The Morgan fingerprint density at radius 2 is 1.48 bits per heavy atom. The molecule has 2 aromatic rings. The van der Waals surface area contributed by atoms with Crippen LogP contribution < -0.4 is 18.9 Å². The molecule has 1 heterocycles. The van der Waals surface area contributed by atoms with Crippen LogP contribution >= 0.6 is 0 Å². The minimum Gasteiger partial charge on any atom is -0.493 e. The molecule has 3 N–H and O–H groups in total. The van der Waals surface area contributed by atoms with E-state index < -0.39 is 24.6 Å². The molecular weight excluding hydrogens is 380 g/mol. The molecule has 1 aliphatic heterocycles. The van der Waals surface area contributed by atoms with Crippen LogP contribution in [0.5, 0.6) is 23.0 Å². The predicted molar refractivity (Wildman–Crippen MR) is 104 cm³/mol. The van der Waals surface area contributed by atoms with Crippen molar-refractivity contribution in [2.45, 2.75) is 31.0 Å². The second-order valence-electron chi connectivity index (χ2n) is 6.72. The van der Waals surface area contributed by atoms with Gasteiger partial charge in [0.1, 0.15) is 24.1 Å². The van der Waals surface area contributed by atoms with E-state index in [0.29, 0.717) is 29.4 Å². The fraction of sp³-hybridized carbons (Fsp3) is 0.429. The van der Waals surface area contributed by atoms with Gasteiger partial charge in [-0.05, 0) is 41.8 Å². The van der Waals surface area contributed by atoms with Crippen LogP contribution in [0.15, 0.2) is 36.4 Å². The summed E-state index contributed by atoms with van der Waals surface area (Å²) < 4.78 is 27.0. The Kier molecular flexibility index (Phi) is 6.81. The highest BCUT2D eigenvalue weighted by Crippen LogP contribution is 2.38. The molecule has 29 heavy (non-hydrogen) atoms. The lowest BCUT2D eigenvalue weighted by atomic mass is 10.0. The minimum atomic E-state index is -1.34. The maximum absolute atomic E-state index is 9.97. The Balaban J connectivity index is 1.70. The van der Waals surface area contributed by atoms with Crippen molar-refractivity contribution >= 4 is 0 Å². The standard InChI is InChI=1S/C21H26O8/c1-25-16-9-13(10-17(26-2)20(16)27-3)8-12-4-6-14(7-5-12)29-21-19(24)18(23)15(22)11-28-21/h4-7,9-10,15,18-19,21-24H,8,11H2,1-3H3/t15-,18-,19+,21+/m0/s1. The maximum Gasteiger partial charge on any atom is 0.228 e. The van der Waals surface area contributed by atoms with Crippen molar-refractivity contribution in [3.05, 3.63) is 47.5 Å². The van der Waals surface area contributed by atoms with Gasteiger partial charge in [-0.15, -0.1) is 0 Å². The fourth-order valence-corrected chi connectivity index (χ4v) is 3.18. The van der Waals surface area contributed by atoms with E-state index >= 15 is 0 Å². The molecule has 3 rings (SSSR count). The summed E-state index contributed by atoms with van der Waals surface area (Å²) >= 11 is 0. The third kappa shape index (κ3) is 4.73. The summed E-state index contributed by atoms with van der Waals surface area (Å²) in [4.78, 5) is 0. The molecule has 0 unspecified atom stereocenters. The van der Waals surface area contributed by atoms with Gasteiger partial charge in [-0.1, -0.05) is 12.1 Å². The fourth-order valence-electron chi connectivity index (χ4n) is 3.18. The van der Waals surface area contributed by atoms with Gasteiger partial charge < -0.3 is 39.0 Å². The molecule has 4 atom stereocenters. The molecule has 8 heteroatoms. The number of hydrogen-bond donors (Lipinski definition) is 3. The molecule has 1 aliphatic rings. The SMILES string of the molecule is COc1cc(Cc2ccc(O[C@H]3OC[C@H](O)[C@H](O)[C@H]3O)cc2)cc(OC)c1OC. The first-order valence-corrected chi connectivity index (χ1v) is 9.17. The molecule has 0 bridgehead atoms. The number of rotatable bonds is 7. The lowest BCUT2D eigenvalue weighted by Crippen LogP contribution is -2.54. The summed E-state index contributed by atoms with van der Waals surface area (Å²) in [6.45, 7) is -0.109. The van der Waals surface area contributed by atoms with Crippen molar-refractivity contribution in [3.63, 3.8) is 0 Å². The summed E-state index contributed by atoms with van der Waals surface area (Å²) in [5, 5.41) is 29.2. The Hall–Kier alpha value is -2.52. The zero-order valence-corrected chi connectivity index (χ0v) is 16.6. The minimum absolute atomic E-state index is 0.109. The normalized spacial score (nSPS) is 24.1. The molecule has 8 nitrogen and oxygen atoms in total. The molecule has 158 valence electrons. The van der Waals surface area contributed by atoms with E-state index in [1.165, 1.54) is 0 Å². The van der Waals surface area contributed by atoms with Gasteiger partial charge >= 0.3 is 0 Å². The summed E-state index contributed by atoms with van der Waals surface area (Å²) in [5.41, 5.74) is 2.00. The lowest BCUT2D eigenvalue weighted by Gasteiger charge is -2.34. The van der Waals surface area contributed by atoms with Crippen LogP contribution in [-0.2, 0) is 11.2 Å². The second-order valence-corrected chi connectivity index (χ2v) is 6.72. The Bertz CT molecular complexity index is 782. The molecule has 0 amide bonds. The first-order chi connectivity index (χ1) is 14.0. The van der Waals surface area contributed by atoms with Crippen LogP contribution in [0.1, 0.15) is 11.1 Å². The van der Waals surface area contributed by atoms with Crippen LogP contribution in [0.4, 0.5) is 0 Å². The van der Waals surface area contributed by atoms with Gasteiger partial charge in [0.05, 0.1) is 27.9 Å². The maximum atomic E-state index is 9.97. The molecule has 1 saturated heterocycles. The van der Waals surface area contributed by atoms with E-state index in [4.69, 9.17) is 23.7 Å². The largest absolute Gasteiger partial charge is 0.493 e. The molecule has 1 fully saturated rings. The van der Waals surface area contributed by atoms with Crippen LogP contribution in [0.3, 0.4) is 0 Å². The highest BCUT2D eigenvalue weighted by Gasteiger charge is 2.38. The first kappa shape index (κ1) is 21.2. The smallest absolute Gasteiger partial charge is 0.228 e. The van der Waals surface area contributed by atoms with E-state index in [1.54, 1.807) is 33.5 Å². The monoisotopic (exact) mass is 406 g/mol. The van der Waals surface area contributed by atoms with Crippen molar-refractivity contribution in [2.24, 2.45) is 0 Å². The molecule has 0 spiro atoms. The van der Waals surface area contributed by atoms with Crippen LogP contribution in [0, 0.1) is 0 Å². The van der Waals surface area contributed by atoms with Crippen molar-refractivity contribution < 1.29 is 39.0 Å². The zero-order valence-electron chi connectivity index (χ0n) is 16.6. The number of benzene rings is 2. The average Bonchev–Trinajstić information content (AvgIpc) is 2.74. The van der Waals surface area contributed by atoms with E-state index in [1.807, 2.05) is 24.3 Å². The van der Waals surface area contributed by atoms with Gasteiger partial charge in [-0.25, -0.2) is 0 Å². The van der Waals surface area contributed by atoms with Crippen molar-refractivity contribution in [3.8, 4) is 23.0 Å². The van der Waals surface area contributed by atoms with Gasteiger partial charge in [0.25, 0.3) is 0 Å². The quantitative estimate of drug-likeness (QED) is 0.628. The number of aliphatic hydroxyl groups excluding tert-OH is 3. The summed E-state index contributed by atoms with van der Waals surface area (Å²) in [6.07, 6.45) is -4.20. The first-order valence-electron chi connectivity index (χ1n) is 9.17. The number of methoxy groups -OCH3 is 3. The van der Waals surface area contributed by atoms with Crippen LogP contribution in [0.2, 0.25) is 0 Å². The average molecular weight is 406 g/mol. The molecule has 0 aromatic heterocycles. The van der Waals surface area contributed by atoms with E-state index in [2.05, 4.69) is 0 Å². The van der Waals surface area contributed by atoms with Gasteiger partial charge in [0.2, 0.25) is 12.0 Å². The van der Waals surface area contributed by atoms with Crippen molar-refractivity contribution in [2.75, 3.05) is 27.9 Å². The predicted octanol–water partition coefficient (Wildman–Crippen LogP) is 1.12. The van der Waals surface area contributed by atoms with E-state index in [-0.39, 0.29) is 6.61 Å². The summed E-state index contributed by atoms with van der Waals surface area (Å²) in [6, 6.07) is 11.1. The number of ether oxygens (including phenoxy) is 5. The second kappa shape index (κ2) is 9.32. The number of hydrogen-bond acceptors (Lipinski definition) is 8. The summed E-state index contributed by atoms with van der Waals surface area (Å²) in [7, 11) is 4.71. The van der Waals surface area contributed by atoms with E-state index in [0.717, 1.165) is 11.1 Å². The molecule has 0 radical (unpaired) electrons. The summed E-state index contributed by atoms with van der Waals surface area (Å²) in [5.74, 6) is 2.20. The number of aliphatic hydroxyl groups is 3. The molecular formula is C21H26O8. The third-order valence-electron chi connectivity index (χ3n) is 4.76. The Labute approximate surface area is 169 Å². The van der Waals surface area contributed by atoms with Gasteiger partial charge in [0, 0.05) is 0 Å². The van der Waals surface area contributed by atoms with Crippen molar-refractivity contribution in [1.82, 2.24) is 0 Å². The van der Waals surface area contributed by atoms with Crippen molar-refractivity contribution in [1.29, 1.82) is 0 Å². The zero-order chi connectivity index (χ0) is 21.0. The lowest BCUT2D eigenvalue weighted by molar-refractivity contribution is -0.242. The van der Waals surface area contributed by atoms with Gasteiger partial charge in [0.15, 0.2) is 11.5 Å². The van der Waals surface area contributed by atoms with Gasteiger partial charge in [-0.3, -0.25) is 0 Å². The molecule has 0 saturated carbocycles. The van der Waals surface area contributed by atoms with Crippen LogP contribution in [0.25, 0.3) is 0 Å². The van der Waals surface area contributed by atoms with Crippen LogP contribution in [-0.4, -0.2) is 67.9 Å². The van der Waals surface area contributed by atoms with Gasteiger partial charge in [-0.2, -0.15) is 0 Å². The molecule has 0 aliphatic carbocycles. The topological polar surface area (TPSA) is 107 Å². The highest BCUT2D eigenvalue weighted by molar-refractivity contribution is 5.54. The third-order valence-corrected chi connectivity index (χ3v) is 4.76. The van der Waals surface area contributed by atoms with E-state index in [9.17, 15) is 15.3 Å². The highest BCUT2D eigenvalue weighted by atomic mass is 16.7. The Morgan fingerprint density at radius 1 is 0.862 bits per heavy atom. The molecule has 2 aromatic carbocycles.